The van der Waals surface area contributed by atoms with Crippen molar-refractivity contribution in [2.75, 3.05) is 13.1 Å². The van der Waals surface area contributed by atoms with Crippen LogP contribution in [0.4, 0.5) is 0 Å². The third-order valence-electron chi connectivity index (χ3n) is 4.51. The molecule has 1 amide bonds. The molecule has 0 aliphatic carbocycles. The number of nitrogens with zero attached hydrogens (tertiary/aromatic N) is 3. The molecule has 2 aromatic rings. The number of amides is 1. The van der Waals surface area contributed by atoms with Gasteiger partial charge in [-0.05, 0) is 18.9 Å². The van der Waals surface area contributed by atoms with Crippen LogP contribution in [0.2, 0.25) is 0 Å². The molecule has 7 heteroatoms. The minimum absolute atomic E-state index is 0.0471. The number of ether oxygens (including phenoxy) is 1. The van der Waals surface area contributed by atoms with E-state index in [1.807, 2.05) is 41.9 Å². The van der Waals surface area contributed by atoms with Gasteiger partial charge in [0.2, 0.25) is 0 Å². The average Bonchev–Trinajstić information content (AvgIpc) is 3.03. The fourth-order valence-corrected chi connectivity index (χ4v) is 3.28. The maximum absolute atomic E-state index is 13.0. The Hall–Kier alpha value is -2.67. The molecule has 0 spiro atoms. The maximum Gasteiger partial charge on any atom is 0.334 e. The van der Waals surface area contributed by atoms with Crippen molar-refractivity contribution in [2.45, 2.75) is 39.0 Å². The molecule has 1 unspecified atom stereocenters. The Balaban J connectivity index is 1.82. The second kappa shape index (κ2) is 7.70. The fourth-order valence-electron chi connectivity index (χ4n) is 3.28. The number of carbonyl (C=O) groups is 2. The first-order valence-corrected chi connectivity index (χ1v) is 8.75. The lowest BCUT2D eigenvalue weighted by molar-refractivity contribution is -0.160. The van der Waals surface area contributed by atoms with E-state index in [4.69, 9.17) is 4.74 Å². The van der Waals surface area contributed by atoms with Gasteiger partial charge < -0.3 is 14.7 Å². The van der Waals surface area contributed by atoms with Crippen molar-refractivity contribution in [3.05, 3.63) is 53.3 Å². The maximum atomic E-state index is 13.0. The van der Waals surface area contributed by atoms with Gasteiger partial charge in [0.15, 0.2) is 6.10 Å². The monoisotopic (exact) mass is 357 g/mol. The van der Waals surface area contributed by atoms with Crippen LogP contribution in [-0.4, -0.2) is 57.0 Å². The van der Waals surface area contributed by atoms with Crippen molar-refractivity contribution >= 4 is 11.9 Å². The van der Waals surface area contributed by atoms with E-state index in [1.54, 1.807) is 18.0 Å². The highest BCUT2D eigenvalue weighted by molar-refractivity contribution is 5.95. The molecule has 1 aliphatic rings. The summed E-state index contributed by atoms with van der Waals surface area (Å²) < 4.78 is 7.22. The predicted molar refractivity (Wildman–Crippen MR) is 95.0 cm³/mol. The van der Waals surface area contributed by atoms with Crippen LogP contribution in [-0.2, 0) is 22.5 Å². The van der Waals surface area contributed by atoms with Crippen LogP contribution in [0.1, 0.15) is 35.5 Å². The van der Waals surface area contributed by atoms with Gasteiger partial charge in [-0.25, -0.2) is 4.79 Å². The summed E-state index contributed by atoms with van der Waals surface area (Å²) in [5.41, 5.74) is 2.49. The van der Waals surface area contributed by atoms with Crippen LogP contribution in [0.3, 0.4) is 0 Å². The summed E-state index contributed by atoms with van der Waals surface area (Å²) in [5.74, 6) is -1.24. The summed E-state index contributed by atoms with van der Waals surface area (Å²) in [7, 11) is 0. The summed E-state index contributed by atoms with van der Waals surface area (Å²) in [4.78, 5) is 25.8. The smallest absolute Gasteiger partial charge is 0.334 e. The topological polar surface area (TPSA) is 84.7 Å². The molecule has 1 aromatic heterocycles. The lowest BCUT2D eigenvalue weighted by Gasteiger charge is -2.34. The van der Waals surface area contributed by atoms with Crippen LogP contribution in [0.15, 0.2) is 36.5 Å². The number of hydrogen-bond donors (Lipinski definition) is 1. The number of carboxylic acids is 1. The molecule has 0 saturated carbocycles. The van der Waals surface area contributed by atoms with E-state index in [1.165, 1.54) is 0 Å². The Labute approximate surface area is 152 Å². The lowest BCUT2D eigenvalue weighted by atomic mass is 10.1. The van der Waals surface area contributed by atoms with Gasteiger partial charge >= 0.3 is 5.97 Å². The third kappa shape index (κ3) is 3.77. The second-order valence-electron chi connectivity index (χ2n) is 6.49. The number of morpholine rings is 1. The summed E-state index contributed by atoms with van der Waals surface area (Å²) in [5, 5.41) is 13.6. The minimum atomic E-state index is -1.05. The summed E-state index contributed by atoms with van der Waals surface area (Å²) >= 11 is 0. The Morgan fingerprint density at radius 3 is 2.65 bits per heavy atom. The van der Waals surface area contributed by atoms with E-state index in [0.29, 0.717) is 25.1 Å². The first-order chi connectivity index (χ1) is 12.5. The van der Waals surface area contributed by atoms with Crippen molar-refractivity contribution in [3.8, 4) is 0 Å². The number of rotatable bonds is 5. The van der Waals surface area contributed by atoms with E-state index in [-0.39, 0.29) is 18.6 Å². The number of carbonyl (C=O) groups excluding carboxylic acids is 1. The summed E-state index contributed by atoms with van der Waals surface area (Å²) in [6.45, 7) is 4.77. The van der Waals surface area contributed by atoms with Crippen LogP contribution < -0.4 is 0 Å². The Kier molecular flexibility index (Phi) is 5.37. The van der Waals surface area contributed by atoms with Crippen molar-refractivity contribution < 1.29 is 19.4 Å². The molecule has 26 heavy (non-hydrogen) atoms. The molecular weight excluding hydrogens is 334 g/mol. The van der Waals surface area contributed by atoms with E-state index >= 15 is 0 Å². The normalized spacial score (nSPS) is 20.2. The zero-order valence-electron chi connectivity index (χ0n) is 15.0. The standard InChI is InChI=1S/C19H23N3O4/c1-3-16-15(9-20-22(16)11-14-7-5-4-6-8-14)18(23)21-10-13(2)26-17(12-21)19(24)25/h4-9,13,17H,3,10-12H2,1-2H3,(H,24,25)/t13-,17?/m1/s1. The molecule has 2 heterocycles. The van der Waals surface area contributed by atoms with Crippen molar-refractivity contribution in [1.82, 2.24) is 14.7 Å². The molecular formula is C19H23N3O4. The van der Waals surface area contributed by atoms with Gasteiger partial charge in [-0.1, -0.05) is 37.3 Å². The first kappa shape index (κ1) is 18.1. The molecule has 1 saturated heterocycles. The molecule has 1 fully saturated rings. The highest BCUT2D eigenvalue weighted by Crippen LogP contribution is 2.18. The Morgan fingerprint density at radius 2 is 2.00 bits per heavy atom. The first-order valence-electron chi connectivity index (χ1n) is 8.75. The van der Waals surface area contributed by atoms with E-state index in [0.717, 1.165) is 11.3 Å². The zero-order valence-corrected chi connectivity index (χ0v) is 15.0. The van der Waals surface area contributed by atoms with E-state index in [2.05, 4.69) is 5.10 Å². The lowest BCUT2D eigenvalue weighted by Crippen LogP contribution is -2.51. The number of aliphatic carboxylic acids is 1. The van der Waals surface area contributed by atoms with Crippen LogP contribution in [0.25, 0.3) is 0 Å². The molecule has 1 N–H and O–H groups in total. The van der Waals surface area contributed by atoms with Crippen molar-refractivity contribution in [3.63, 3.8) is 0 Å². The summed E-state index contributed by atoms with van der Waals surface area (Å²) in [6.07, 6.45) is 0.932. The SMILES string of the molecule is CCc1c(C(=O)N2CC(C(=O)O)O[C@H](C)C2)cnn1Cc1ccccc1. The van der Waals surface area contributed by atoms with Gasteiger partial charge in [0.25, 0.3) is 5.91 Å². The van der Waals surface area contributed by atoms with Gasteiger partial charge in [0.1, 0.15) is 0 Å². The predicted octanol–water partition coefficient (Wildman–Crippen LogP) is 1.81. The number of benzene rings is 1. The average molecular weight is 357 g/mol. The molecule has 138 valence electrons. The minimum Gasteiger partial charge on any atom is -0.479 e. The number of hydrogen-bond acceptors (Lipinski definition) is 4. The van der Waals surface area contributed by atoms with Gasteiger partial charge in [-0.15, -0.1) is 0 Å². The van der Waals surface area contributed by atoms with Crippen LogP contribution in [0, 0.1) is 0 Å². The van der Waals surface area contributed by atoms with Crippen LogP contribution in [0.5, 0.6) is 0 Å². The summed E-state index contributed by atoms with van der Waals surface area (Å²) in [6, 6.07) is 9.93. The van der Waals surface area contributed by atoms with Gasteiger partial charge in [-0.3, -0.25) is 9.48 Å². The van der Waals surface area contributed by atoms with Gasteiger partial charge in [0, 0.05) is 6.54 Å². The molecule has 7 nitrogen and oxygen atoms in total. The third-order valence-corrected chi connectivity index (χ3v) is 4.51. The van der Waals surface area contributed by atoms with Gasteiger partial charge in [-0.2, -0.15) is 5.10 Å². The highest BCUT2D eigenvalue weighted by atomic mass is 16.5. The molecule has 1 aromatic carbocycles. The molecule has 3 rings (SSSR count). The largest absolute Gasteiger partial charge is 0.479 e. The Bertz CT molecular complexity index is 787. The number of carboxylic acid groups (broad SMARTS) is 1. The van der Waals surface area contributed by atoms with Crippen molar-refractivity contribution in [1.29, 1.82) is 0 Å². The molecule has 0 bridgehead atoms. The quantitative estimate of drug-likeness (QED) is 0.882. The zero-order chi connectivity index (χ0) is 18.7. The highest BCUT2D eigenvalue weighted by Gasteiger charge is 2.34. The Morgan fingerprint density at radius 1 is 1.27 bits per heavy atom. The molecule has 2 atom stereocenters. The van der Waals surface area contributed by atoms with E-state index in [9.17, 15) is 14.7 Å². The van der Waals surface area contributed by atoms with Gasteiger partial charge in [0.05, 0.1) is 36.6 Å². The molecule has 1 aliphatic heterocycles. The molecule has 0 radical (unpaired) electrons. The fraction of sp³-hybridized carbons (Fsp3) is 0.421. The second-order valence-corrected chi connectivity index (χ2v) is 6.49. The van der Waals surface area contributed by atoms with Crippen molar-refractivity contribution in [2.24, 2.45) is 0 Å². The van der Waals surface area contributed by atoms with Crippen LogP contribution >= 0.6 is 0 Å². The van der Waals surface area contributed by atoms with E-state index < -0.39 is 12.1 Å². The number of aromatic nitrogens is 2.